The summed E-state index contributed by atoms with van der Waals surface area (Å²) in [7, 11) is 0. The van der Waals surface area contributed by atoms with Crippen LogP contribution >= 0.6 is 11.3 Å². The summed E-state index contributed by atoms with van der Waals surface area (Å²) < 4.78 is 6.33. The van der Waals surface area contributed by atoms with Crippen molar-refractivity contribution < 1.29 is 23.9 Å². The highest BCUT2D eigenvalue weighted by Gasteiger charge is 2.52. The molecule has 2 aliphatic rings. The zero-order valence-corrected chi connectivity index (χ0v) is 17.2. The number of imide groups is 1. The number of carbonyl (C=O) groups excluding carboxylic acids is 4. The van der Waals surface area contributed by atoms with Gasteiger partial charge in [-0.25, -0.2) is 4.79 Å². The Labute approximate surface area is 171 Å². The van der Waals surface area contributed by atoms with E-state index in [4.69, 9.17) is 4.74 Å². The summed E-state index contributed by atoms with van der Waals surface area (Å²) in [4.78, 5) is 60.1. The first-order chi connectivity index (χ1) is 13.7. The second-order valence-electron chi connectivity index (χ2n) is 7.58. The van der Waals surface area contributed by atoms with Crippen LogP contribution in [0.5, 0.6) is 0 Å². The number of carbonyl (C=O) groups is 4. The van der Waals surface area contributed by atoms with Crippen molar-refractivity contribution in [2.45, 2.75) is 58.0 Å². The number of aryl methyl sites for hydroxylation is 1. The van der Waals surface area contributed by atoms with Crippen molar-refractivity contribution in [3.8, 4) is 0 Å². The first-order valence-electron chi connectivity index (χ1n) is 9.48. The van der Waals surface area contributed by atoms with Gasteiger partial charge in [0.1, 0.15) is 5.54 Å². The molecule has 2 fully saturated rings. The Morgan fingerprint density at radius 2 is 2.00 bits per heavy atom. The van der Waals surface area contributed by atoms with Crippen molar-refractivity contribution in [2.24, 2.45) is 5.92 Å². The molecule has 1 saturated heterocycles. The summed E-state index contributed by atoms with van der Waals surface area (Å²) in [5.41, 5.74) is 1.99. The summed E-state index contributed by atoms with van der Waals surface area (Å²) in [6.07, 6.45) is 2.62. The van der Waals surface area contributed by atoms with Gasteiger partial charge in [-0.1, -0.05) is 18.3 Å². The molecule has 158 valence electrons. The first kappa shape index (κ1) is 21.0. The van der Waals surface area contributed by atoms with Crippen LogP contribution in [-0.4, -0.2) is 45.5 Å². The summed E-state index contributed by atoms with van der Waals surface area (Å²) in [6, 6.07) is -0.684. The Balaban J connectivity index is 1.46. The van der Waals surface area contributed by atoms with Crippen molar-refractivity contribution in [1.82, 2.24) is 20.3 Å². The summed E-state index contributed by atoms with van der Waals surface area (Å²) >= 11 is 1.04. The molecule has 1 spiro atoms. The van der Waals surface area contributed by atoms with E-state index < -0.39 is 36.0 Å². The number of hydrazine groups is 1. The molecule has 1 saturated carbocycles. The predicted molar refractivity (Wildman–Crippen MR) is 103 cm³/mol. The van der Waals surface area contributed by atoms with Crippen molar-refractivity contribution in [1.29, 1.82) is 0 Å². The molecular formula is C18H24N4O6S. The Morgan fingerprint density at radius 1 is 1.31 bits per heavy atom. The van der Waals surface area contributed by atoms with E-state index in [0.717, 1.165) is 29.9 Å². The fourth-order valence-electron chi connectivity index (χ4n) is 3.57. The third kappa shape index (κ3) is 4.50. The lowest BCUT2D eigenvalue weighted by Crippen LogP contribution is -2.52. The molecule has 2 heterocycles. The number of esters is 1. The number of urea groups is 1. The van der Waals surface area contributed by atoms with E-state index in [-0.39, 0.29) is 17.8 Å². The van der Waals surface area contributed by atoms with Gasteiger partial charge in [-0.2, -0.15) is 5.01 Å². The third-order valence-electron chi connectivity index (χ3n) is 5.41. The lowest BCUT2D eigenvalue weighted by molar-refractivity contribution is -0.151. The monoisotopic (exact) mass is 424 g/mol. The van der Waals surface area contributed by atoms with Crippen LogP contribution in [0.2, 0.25) is 0 Å². The Hall–Kier alpha value is -2.69. The minimum absolute atomic E-state index is 0.0742. The van der Waals surface area contributed by atoms with Crippen LogP contribution in [0, 0.1) is 12.8 Å². The van der Waals surface area contributed by atoms with E-state index in [1.807, 2.05) is 0 Å². The van der Waals surface area contributed by atoms with Crippen LogP contribution < -0.4 is 15.6 Å². The maximum Gasteiger partial charge on any atom is 0.344 e. The molecule has 1 aromatic heterocycles. The van der Waals surface area contributed by atoms with E-state index in [1.54, 1.807) is 12.3 Å². The van der Waals surface area contributed by atoms with Crippen LogP contribution in [0.25, 0.3) is 0 Å². The number of hydrogen-bond acceptors (Lipinski definition) is 7. The molecule has 4 amide bonds. The average molecular weight is 424 g/mol. The topological polar surface area (TPSA) is 127 Å². The number of nitrogens with zero attached hydrogens (tertiary/aromatic N) is 2. The number of nitrogens with one attached hydrogen (secondary N) is 2. The molecule has 29 heavy (non-hydrogen) atoms. The molecule has 0 radical (unpaired) electrons. The molecule has 2 N–H and O–H groups in total. The lowest BCUT2D eigenvalue weighted by Gasteiger charge is -2.33. The largest absolute Gasteiger partial charge is 0.455 e. The SMILES string of the molecule is Cc1csc(=O)n1CCC(=O)OCC(=O)NN1C(=O)NC2(CCC(C)CC2)C1=O. The normalized spacial score (nSPS) is 23.9. The number of thiazole rings is 1. The van der Waals surface area contributed by atoms with E-state index in [1.165, 1.54) is 4.57 Å². The predicted octanol–water partition coefficient (Wildman–Crippen LogP) is 0.683. The minimum atomic E-state index is -0.959. The zero-order chi connectivity index (χ0) is 21.2. The van der Waals surface area contributed by atoms with Crippen molar-refractivity contribution in [2.75, 3.05) is 6.61 Å². The first-order valence-corrected chi connectivity index (χ1v) is 10.4. The fourth-order valence-corrected chi connectivity index (χ4v) is 4.33. The number of hydrogen-bond donors (Lipinski definition) is 2. The van der Waals surface area contributed by atoms with E-state index >= 15 is 0 Å². The van der Waals surface area contributed by atoms with Gasteiger partial charge in [-0.3, -0.25) is 24.6 Å². The molecule has 11 heteroatoms. The molecule has 1 aliphatic heterocycles. The minimum Gasteiger partial charge on any atom is -0.455 e. The van der Waals surface area contributed by atoms with Crippen LogP contribution in [0.15, 0.2) is 10.2 Å². The maximum absolute atomic E-state index is 12.7. The molecule has 10 nitrogen and oxygen atoms in total. The number of amides is 4. The molecule has 3 rings (SSSR count). The van der Waals surface area contributed by atoms with Gasteiger partial charge >= 0.3 is 16.9 Å². The summed E-state index contributed by atoms with van der Waals surface area (Å²) in [5, 5.41) is 5.05. The van der Waals surface area contributed by atoms with Crippen LogP contribution in [0.4, 0.5) is 4.79 Å². The molecule has 0 unspecified atom stereocenters. The van der Waals surface area contributed by atoms with Gasteiger partial charge in [0.05, 0.1) is 6.42 Å². The standard InChI is InChI=1S/C18H24N4O6S/c1-11-3-6-18(7-4-11)15(25)22(16(26)19-18)20-13(23)9-28-14(24)5-8-21-12(2)10-29-17(21)27/h10-11H,3-9H2,1-2H3,(H,19,26)(H,20,23). The van der Waals surface area contributed by atoms with Crippen molar-refractivity contribution in [3.05, 3.63) is 20.7 Å². The van der Waals surface area contributed by atoms with Gasteiger partial charge in [-0.15, -0.1) is 0 Å². The second kappa shape index (κ2) is 8.36. The van der Waals surface area contributed by atoms with Crippen molar-refractivity contribution >= 4 is 35.2 Å². The molecule has 0 aromatic carbocycles. The number of ether oxygens (including phenoxy) is 1. The number of rotatable bonds is 6. The lowest BCUT2D eigenvalue weighted by atomic mass is 9.77. The van der Waals surface area contributed by atoms with Gasteiger partial charge in [0, 0.05) is 17.6 Å². The molecule has 0 bridgehead atoms. The highest BCUT2D eigenvalue weighted by molar-refractivity contribution is 7.07. The van der Waals surface area contributed by atoms with Crippen molar-refractivity contribution in [3.63, 3.8) is 0 Å². The molecular weight excluding hydrogens is 400 g/mol. The van der Waals surface area contributed by atoms with Crippen LogP contribution in [0.3, 0.4) is 0 Å². The fraction of sp³-hybridized carbons (Fsp3) is 0.611. The summed E-state index contributed by atoms with van der Waals surface area (Å²) in [5.74, 6) is -1.44. The molecule has 1 aliphatic carbocycles. The Kier molecular flexibility index (Phi) is 6.06. The maximum atomic E-state index is 12.7. The second-order valence-corrected chi connectivity index (χ2v) is 8.40. The molecule has 0 atom stereocenters. The third-order valence-corrected chi connectivity index (χ3v) is 6.29. The van der Waals surface area contributed by atoms with Gasteiger partial charge in [0.25, 0.3) is 11.8 Å². The summed E-state index contributed by atoms with van der Waals surface area (Å²) in [6.45, 7) is 3.38. The molecule has 1 aromatic rings. The van der Waals surface area contributed by atoms with E-state index in [2.05, 4.69) is 17.7 Å². The van der Waals surface area contributed by atoms with E-state index in [9.17, 15) is 24.0 Å². The van der Waals surface area contributed by atoms with E-state index in [0.29, 0.717) is 23.8 Å². The smallest absolute Gasteiger partial charge is 0.344 e. The number of aromatic nitrogens is 1. The Morgan fingerprint density at radius 3 is 2.62 bits per heavy atom. The zero-order valence-electron chi connectivity index (χ0n) is 16.4. The van der Waals surface area contributed by atoms with Gasteiger partial charge < -0.3 is 14.6 Å². The highest BCUT2D eigenvalue weighted by atomic mass is 32.1. The van der Waals surface area contributed by atoms with Gasteiger partial charge in [0.2, 0.25) is 0 Å². The highest BCUT2D eigenvalue weighted by Crippen LogP contribution is 2.35. The quantitative estimate of drug-likeness (QED) is 0.511. The van der Waals surface area contributed by atoms with Crippen LogP contribution in [0.1, 0.15) is 44.7 Å². The van der Waals surface area contributed by atoms with Gasteiger partial charge in [-0.05, 0) is 38.5 Å². The average Bonchev–Trinajstić information content (AvgIpc) is 3.12. The van der Waals surface area contributed by atoms with Crippen LogP contribution in [-0.2, 0) is 25.7 Å². The van der Waals surface area contributed by atoms with Gasteiger partial charge in [0.15, 0.2) is 6.61 Å². The Bertz CT molecular complexity index is 883.